The Kier molecular flexibility index (Phi) is 4.62. The Morgan fingerprint density at radius 1 is 1.42 bits per heavy atom. The van der Waals surface area contributed by atoms with Crippen molar-refractivity contribution in [2.45, 2.75) is 39.2 Å². The van der Waals surface area contributed by atoms with Gasteiger partial charge in [0.1, 0.15) is 0 Å². The smallest absolute Gasteiger partial charge is 0.0192 e. The van der Waals surface area contributed by atoms with Crippen molar-refractivity contribution in [3.63, 3.8) is 0 Å². The third kappa shape index (κ3) is 3.11. The van der Waals surface area contributed by atoms with Crippen LogP contribution in [0.2, 0.25) is 0 Å². The Morgan fingerprint density at radius 2 is 2.25 bits per heavy atom. The lowest BCUT2D eigenvalue weighted by Crippen LogP contribution is -2.37. The van der Waals surface area contributed by atoms with Gasteiger partial charge in [-0.25, -0.2) is 0 Å². The third-order valence-corrected chi connectivity index (χ3v) is 2.60. The minimum absolute atomic E-state index is 0.735. The lowest BCUT2D eigenvalue weighted by molar-refractivity contribution is 0.266. The highest BCUT2D eigenvalue weighted by Crippen LogP contribution is 2.03. The Balaban J connectivity index is 2.31. The lowest BCUT2D eigenvalue weighted by atomic mass is 10.2. The molecule has 1 aliphatic rings. The molecule has 1 atom stereocenters. The fourth-order valence-electron chi connectivity index (χ4n) is 1.87. The first kappa shape index (κ1) is 10.0. The molecule has 0 spiro atoms. The Bertz CT molecular complexity index is 114. The van der Waals surface area contributed by atoms with Crippen LogP contribution in [0.15, 0.2) is 0 Å². The molecule has 2 nitrogen and oxygen atoms in total. The van der Waals surface area contributed by atoms with Crippen molar-refractivity contribution in [3.8, 4) is 0 Å². The van der Waals surface area contributed by atoms with E-state index in [0.717, 1.165) is 6.04 Å². The molecule has 0 bridgehead atoms. The van der Waals surface area contributed by atoms with Gasteiger partial charge in [0, 0.05) is 12.6 Å². The van der Waals surface area contributed by atoms with Gasteiger partial charge in [-0.2, -0.15) is 0 Å². The van der Waals surface area contributed by atoms with Gasteiger partial charge in [0.05, 0.1) is 0 Å². The van der Waals surface area contributed by atoms with Crippen LogP contribution in [0.5, 0.6) is 0 Å². The van der Waals surface area contributed by atoms with Crippen molar-refractivity contribution in [1.82, 2.24) is 10.2 Å². The molecule has 1 saturated heterocycles. The van der Waals surface area contributed by atoms with Gasteiger partial charge in [-0.1, -0.05) is 13.8 Å². The maximum absolute atomic E-state index is 3.58. The molecule has 0 saturated carbocycles. The van der Waals surface area contributed by atoms with Crippen LogP contribution in [-0.2, 0) is 0 Å². The third-order valence-electron chi connectivity index (χ3n) is 2.60. The normalized spacial score (nSPS) is 27.0. The monoisotopic (exact) mass is 170 g/mol. The molecule has 0 amide bonds. The minimum Gasteiger partial charge on any atom is -0.313 e. The lowest BCUT2D eigenvalue weighted by Gasteiger charge is -2.22. The highest BCUT2D eigenvalue weighted by molar-refractivity contribution is 4.74. The molecule has 1 unspecified atom stereocenters. The molecule has 12 heavy (non-hydrogen) atoms. The second kappa shape index (κ2) is 5.55. The number of nitrogens with zero attached hydrogens (tertiary/aromatic N) is 1. The zero-order valence-electron chi connectivity index (χ0n) is 8.47. The van der Waals surface area contributed by atoms with Gasteiger partial charge in [0.25, 0.3) is 0 Å². The van der Waals surface area contributed by atoms with E-state index in [-0.39, 0.29) is 0 Å². The van der Waals surface area contributed by atoms with Gasteiger partial charge >= 0.3 is 0 Å². The summed E-state index contributed by atoms with van der Waals surface area (Å²) in [5.41, 5.74) is 0. The molecule has 0 aliphatic carbocycles. The fraction of sp³-hybridized carbons (Fsp3) is 1.00. The zero-order chi connectivity index (χ0) is 8.81. The van der Waals surface area contributed by atoms with Crippen LogP contribution < -0.4 is 5.32 Å². The summed E-state index contributed by atoms with van der Waals surface area (Å²) >= 11 is 0. The average Bonchev–Trinajstić information content (AvgIpc) is 2.30. The van der Waals surface area contributed by atoms with Crippen LogP contribution in [-0.4, -0.2) is 37.1 Å². The summed E-state index contributed by atoms with van der Waals surface area (Å²) in [6.45, 7) is 9.56. The second-order valence-corrected chi connectivity index (χ2v) is 3.71. The number of rotatable bonds is 3. The van der Waals surface area contributed by atoms with E-state index in [9.17, 15) is 0 Å². The minimum atomic E-state index is 0.735. The molecule has 72 valence electrons. The van der Waals surface area contributed by atoms with Crippen molar-refractivity contribution < 1.29 is 0 Å². The maximum Gasteiger partial charge on any atom is 0.0192 e. The largest absolute Gasteiger partial charge is 0.313 e. The van der Waals surface area contributed by atoms with E-state index in [2.05, 4.69) is 24.1 Å². The molecule has 0 radical (unpaired) electrons. The molecule has 0 aromatic heterocycles. The zero-order valence-corrected chi connectivity index (χ0v) is 8.47. The van der Waals surface area contributed by atoms with E-state index in [4.69, 9.17) is 0 Å². The summed E-state index contributed by atoms with van der Waals surface area (Å²) in [5.74, 6) is 0. The Labute approximate surface area is 76.3 Å². The average molecular weight is 170 g/mol. The van der Waals surface area contributed by atoms with E-state index >= 15 is 0 Å². The van der Waals surface area contributed by atoms with Gasteiger partial charge in [-0.3, -0.25) is 0 Å². The van der Waals surface area contributed by atoms with Crippen molar-refractivity contribution in [2.75, 3.05) is 26.2 Å². The van der Waals surface area contributed by atoms with Gasteiger partial charge in [0.2, 0.25) is 0 Å². The van der Waals surface area contributed by atoms with E-state index in [1.807, 2.05) is 0 Å². The summed E-state index contributed by atoms with van der Waals surface area (Å²) in [4.78, 5) is 2.59. The summed E-state index contributed by atoms with van der Waals surface area (Å²) in [6, 6.07) is 0.735. The summed E-state index contributed by atoms with van der Waals surface area (Å²) in [5, 5.41) is 3.58. The molecule has 1 heterocycles. The van der Waals surface area contributed by atoms with E-state index in [0.29, 0.717) is 0 Å². The SMILES string of the molecule is CCCN1CCCNC(CC)C1. The fourth-order valence-corrected chi connectivity index (χ4v) is 1.87. The first-order valence-electron chi connectivity index (χ1n) is 5.32. The molecular weight excluding hydrogens is 148 g/mol. The van der Waals surface area contributed by atoms with Crippen LogP contribution in [0.1, 0.15) is 33.1 Å². The van der Waals surface area contributed by atoms with Gasteiger partial charge in [-0.05, 0) is 38.9 Å². The quantitative estimate of drug-likeness (QED) is 0.690. The van der Waals surface area contributed by atoms with Crippen molar-refractivity contribution in [2.24, 2.45) is 0 Å². The summed E-state index contributed by atoms with van der Waals surface area (Å²) < 4.78 is 0. The molecule has 2 heteroatoms. The van der Waals surface area contributed by atoms with E-state index in [1.54, 1.807) is 0 Å². The number of hydrogen-bond acceptors (Lipinski definition) is 2. The molecule has 1 rings (SSSR count). The van der Waals surface area contributed by atoms with Crippen molar-refractivity contribution in [1.29, 1.82) is 0 Å². The van der Waals surface area contributed by atoms with Crippen LogP contribution in [0.3, 0.4) is 0 Å². The van der Waals surface area contributed by atoms with Gasteiger partial charge in [0.15, 0.2) is 0 Å². The molecule has 1 N–H and O–H groups in total. The predicted octanol–water partition coefficient (Wildman–Crippen LogP) is 1.47. The second-order valence-electron chi connectivity index (χ2n) is 3.71. The van der Waals surface area contributed by atoms with Crippen molar-refractivity contribution in [3.05, 3.63) is 0 Å². The van der Waals surface area contributed by atoms with Gasteiger partial charge < -0.3 is 10.2 Å². The summed E-state index contributed by atoms with van der Waals surface area (Å²) in [7, 11) is 0. The Morgan fingerprint density at radius 3 is 2.92 bits per heavy atom. The first-order chi connectivity index (χ1) is 5.86. The number of nitrogens with one attached hydrogen (secondary N) is 1. The summed E-state index contributed by atoms with van der Waals surface area (Å²) in [6.07, 6.45) is 3.87. The molecule has 0 aromatic rings. The van der Waals surface area contributed by atoms with E-state index in [1.165, 1.54) is 45.4 Å². The number of hydrogen-bond donors (Lipinski definition) is 1. The van der Waals surface area contributed by atoms with Crippen LogP contribution in [0, 0.1) is 0 Å². The van der Waals surface area contributed by atoms with Crippen LogP contribution in [0.25, 0.3) is 0 Å². The van der Waals surface area contributed by atoms with Gasteiger partial charge in [-0.15, -0.1) is 0 Å². The maximum atomic E-state index is 3.58. The topological polar surface area (TPSA) is 15.3 Å². The van der Waals surface area contributed by atoms with Crippen LogP contribution >= 0.6 is 0 Å². The Hall–Kier alpha value is -0.0800. The standard InChI is InChI=1S/C10H22N2/c1-3-7-12-8-5-6-11-10(4-2)9-12/h10-11H,3-9H2,1-2H3. The molecule has 1 aliphatic heterocycles. The molecule has 0 aromatic carbocycles. The predicted molar refractivity (Wildman–Crippen MR) is 53.4 cm³/mol. The highest BCUT2D eigenvalue weighted by atomic mass is 15.2. The molecular formula is C10H22N2. The molecule has 1 fully saturated rings. The van der Waals surface area contributed by atoms with Crippen LogP contribution in [0.4, 0.5) is 0 Å². The van der Waals surface area contributed by atoms with E-state index < -0.39 is 0 Å². The highest BCUT2D eigenvalue weighted by Gasteiger charge is 2.14. The first-order valence-corrected chi connectivity index (χ1v) is 5.32. The van der Waals surface area contributed by atoms with Crippen molar-refractivity contribution >= 4 is 0 Å².